The summed E-state index contributed by atoms with van der Waals surface area (Å²) < 4.78 is 4.98. The van der Waals surface area contributed by atoms with E-state index in [4.69, 9.17) is 4.74 Å². The first-order valence-electron chi connectivity index (χ1n) is 8.49. The molecule has 7 heteroatoms. The highest BCUT2D eigenvalue weighted by atomic mass is 16.5. The van der Waals surface area contributed by atoms with Gasteiger partial charge in [0.2, 0.25) is 0 Å². The van der Waals surface area contributed by atoms with Crippen LogP contribution in [0.25, 0.3) is 0 Å². The number of aromatic nitrogens is 2. The molecule has 1 fully saturated rings. The van der Waals surface area contributed by atoms with Crippen molar-refractivity contribution in [2.24, 2.45) is 5.92 Å². The molecule has 1 unspecified atom stereocenters. The average Bonchev–Trinajstić information content (AvgIpc) is 2.52. The molecule has 24 heavy (non-hydrogen) atoms. The predicted molar refractivity (Wildman–Crippen MR) is 92.9 cm³/mol. The van der Waals surface area contributed by atoms with Crippen LogP contribution in [0.5, 0.6) is 6.01 Å². The maximum Gasteiger partial charge on any atom is 0.316 e. The second-order valence-electron chi connectivity index (χ2n) is 7.41. The first-order chi connectivity index (χ1) is 11.4. The van der Waals surface area contributed by atoms with Gasteiger partial charge < -0.3 is 15.4 Å². The highest BCUT2D eigenvalue weighted by molar-refractivity contribution is 5.74. The second-order valence-corrected chi connectivity index (χ2v) is 7.41. The van der Waals surface area contributed by atoms with Gasteiger partial charge in [-0.3, -0.25) is 4.90 Å². The molecule has 0 bridgehead atoms. The minimum Gasteiger partial charge on any atom is -0.467 e. The van der Waals surface area contributed by atoms with Crippen LogP contribution >= 0.6 is 0 Å². The van der Waals surface area contributed by atoms with E-state index in [0.717, 1.165) is 38.0 Å². The van der Waals surface area contributed by atoms with Crippen molar-refractivity contribution in [3.05, 3.63) is 18.0 Å². The van der Waals surface area contributed by atoms with Crippen molar-refractivity contribution < 1.29 is 9.53 Å². The van der Waals surface area contributed by atoms with E-state index < -0.39 is 0 Å². The fourth-order valence-electron chi connectivity index (χ4n) is 2.87. The minimum atomic E-state index is -0.211. The van der Waals surface area contributed by atoms with Crippen molar-refractivity contribution >= 4 is 6.03 Å². The van der Waals surface area contributed by atoms with Gasteiger partial charge in [0.25, 0.3) is 0 Å². The van der Waals surface area contributed by atoms with Crippen LogP contribution < -0.4 is 15.4 Å². The van der Waals surface area contributed by atoms with Crippen molar-refractivity contribution in [2.75, 3.05) is 26.7 Å². The Balaban J connectivity index is 1.77. The average molecular weight is 335 g/mol. The zero-order valence-corrected chi connectivity index (χ0v) is 15.1. The molecular weight excluding hydrogens is 306 g/mol. The van der Waals surface area contributed by atoms with E-state index in [1.54, 1.807) is 7.11 Å². The van der Waals surface area contributed by atoms with Crippen molar-refractivity contribution in [1.29, 1.82) is 0 Å². The first kappa shape index (κ1) is 18.4. The van der Waals surface area contributed by atoms with E-state index in [2.05, 4.69) is 25.5 Å². The van der Waals surface area contributed by atoms with E-state index in [9.17, 15) is 4.79 Å². The molecule has 1 aromatic rings. The molecule has 0 aromatic carbocycles. The standard InChI is InChI=1S/C17H29N5O2/c1-17(2,3)21-15(23)18-8-13-6-5-7-22(11-13)12-14-9-19-16(24-4)20-10-14/h9-10,13H,5-8,11-12H2,1-4H3,(H2,18,21,23). The Morgan fingerprint density at radius 3 is 2.71 bits per heavy atom. The molecule has 0 saturated carbocycles. The fraction of sp³-hybridized carbons (Fsp3) is 0.706. The molecule has 134 valence electrons. The molecule has 7 nitrogen and oxygen atoms in total. The fourth-order valence-corrected chi connectivity index (χ4v) is 2.87. The molecule has 2 amide bonds. The maximum atomic E-state index is 11.9. The van der Waals surface area contributed by atoms with Gasteiger partial charge in [0.15, 0.2) is 0 Å². The molecule has 1 aromatic heterocycles. The monoisotopic (exact) mass is 335 g/mol. The van der Waals surface area contributed by atoms with Gasteiger partial charge in [0.05, 0.1) is 7.11 Å². The third-order valence-electron chi connectivity index (χ3n) is 3.91. The van der Waals surface area contributed by atoms with E-state index in [1.807, 2.05) is 33.2 Å². The molecule has 0 aliphatic carbocycles. The van der Waals surface area contributed by atoms with Gasteiger partial charge in [-0.2, -0.15) is 0 Å². The van der Waals surface area contributed by atoms with Crippen molar-refractivity contribution in [2.45, 2.75) is 45.7 Å². The number of likely N-dealkylation sites (tertiary alicyclic amines) is 1. The van der Waals surface area contributed by atoms with Crippen molar-refractivity contribution in [3.63, 3.8) is 0 Å². The molecule has 2 N–H and O–H groups in total. The smallest absolute Gasteiger partial charge is 0.316 e. The quantitative estimate of drug-likeness (QED) is 0.858. The summed E-state index contributed by atoms with van der Waals surface area (Å²) in [6.45, 7) is 9.51. The Hall–Kier alpha value is -1.89. The van der Waals surface area contributed by atoms with E-state index in [0.29, 0.717) is 18.5 Å². The summed E-state index contributed by atoms with van der Waals surface area (Å²) in [4.78, 5) is 22.6. The van der Waals surface area contributed by atoms with Crippen LogP contribution in [0, 0.1) is 5.92 Å². The number of hydrogen-bond acceptors (Lipinski definition) is 5. The summed E-state index contributed by atoms with van der Waals surface area (Å²) >= 11 is 0. The molecule has 1 saturated heterocycles. The van der Waals surface area contributed by atoms with E-state index in [1.165, 1.54) is 0 Å². The Morgan fingerprint density at radius 1 is 1.38 bits per heavy atom. The summed E-state index contributed by atoms with van der Waals surface area (Å²) in [7, 11) is 1.56. The SMILES string of the molecule is COc1ncc(CN2CCCC(CNC(=O)NC(C)(C)C)C2)cn1. The third kappa shape index (κ3) is 6.31. The number of piperidine rings is 1. The number of nitrogens with one attached hydrogen (secondary N) is 2. The number of ether oxygens (including phenoxy) is 1. The zero-order valence-electron chi connectivity index (χ0n) is 15.1. The lowest BCUT2D eigenvalue weighted by Gasteiger charge is -2.33. The molecule has 0 spiro atoms. The Labute approximate surface area is 144 Å². The summed E-state index contributed by atoms with van der Waals surface area (Å²) in [5, 5.41) is 5.92. The number of nitrogens with zero attached hydrogens (tertiary/aromatic N) is 3. The Bertz CT molecular complexity index is 527. The van der Waals surface area contributed by atoms with Crippen LogP contribution in [0.3, 0.4) is 0 Å². The van der Waals surface area contributed by atoms with Crippen LogP contribution in [0.2, 0.25) is 0 Å². The van der Waals surface area contributed by atoms with Crippen molar-refractivity contribution in [3.8, 4) is 6.01 Å². The molecule has 2 heterocycles. The van der Waals surface area contributed by atoms with Crippen molar-refractivity contribution in [1.82, 2.24) is 25.5 Å². The first-order valence-corrected chi connectivity index (χ1v) is 8.49. The highest BCUT2D eigenvalue weighted by Gasteiger charge is 2.21. The van der Waals surface area contributed by atoms with Gasteiger partial charge in [-0.1, -0.05) is 0 Å². The van der Waals surface area contributed by atoms with Gasteiger partial charge in [-0.25, -0.2) is 14.8 Å². The van der Waals surface area contributed by atoms with Gasteiger partial charge in [-0.05, 0) is 46.1 Å². The van der Waals surface area contributed by atoms with Crippen LogP contribution in [-0.2, 0) is 6.54 Å². The summed E-state index contributed by atoms with van der Waals surface area (Å²) in [6.07, 6.45) is 5.91. The van der Waals surface area contributed by atoms with Crippen LogP contribution in [0.1, 0.15) is 39.2 Å². The molecule has 1 aliphatic rings. The van der Waals surface area contributed by atoms with Crippen LogP contribution in [0.15, 0.2) is 12.4 Å². The lowest BCUT2D eigenvalue weighted by atomic mass is 9.97. The zero-order chi connectivity index (χ0) is 17.6. The number of carbonyl (C=O) groups is 1. The largest absolute Gasteiger partial charge is 0.467 e. The van der Waals surface area contributed by atoms with Crippen LogP contribution in [-0.4, -0.2) is 53.2 Å². The molecular formula is C17H29N5O2. The number of rotatable bonds is 5. The second kappa shape index (κ2) is 8.28. The number of urea groups is 1. The minimum absolute atomic E-state index is 0.0943. The van der Waals surface area contributed by atoms with Crippen LogP contribution in [0.4, 0.5) is 4.79 Å². The number of hydrogen-bond donors (Lipinski definition) is 2. The molecule has 1 aliphatic heterocycles. The Kier molecular flexibility index (Phi) is 6.36. The maximum absolute atomic E-state index is 11.9. The van der Waals surface area contributed by atoms with E-state index in [-0.39, 0.29) is 11.6 Å². The number of amides is 2. The highest BCUT2D eigenvalue weighted by Crippen LogP contribution is 2.18. The van der Waals surface area contributed by atoms with Gasteiger partial charge in [0, 0.05) is 43.1 Å². The normalized spacial score (nSPS) is 18.9. The summed E-state index contributed by atoms with van der Waals surface area (Å²) in [6, 6.07) is 0.299. The Morgan fingerprint density at radius 2 is 2.08 bits per heavy atom. The third-order valence-corrected chi connectivity index (χ3v) is 3.91. The topological polar surface area (TPSA) is 79.4 Å². The predicted octanol–water partition coefficient (Wildman–Crippen LogP) is 1.79. The summed E-state index contributed by atoms with van der Waals surface area (Å²) in [5.41, 5.74) is 0.867. The molecule has 2 rings (SSSR count). The molecule has 0 radical (unpaired) electrons. The number of methoxy groups -OCH3 is 1. The van der Waals surface area contributed by atoms with Gasteiger partial charge >= 0.3 is 12.0 Å². The van der Waals surface area contributed by atoms with Gasteiger partial charge in [0.1, 0.15) is 0 Å². The van der Waals surface area contributed by atoms with Gasteiger partial charge in [-0.15, -0.1) is 0 Å². The number of carbonyl (C=O) groups excluding carboxylic acids is 1. The lowest BCUT2D eigenvalue weighted by Crippen LogP contribution is -2.49. The summed E-state index contributed by atoms with van der Waals surface area (Å²) in [5.74, 6) is 0.476. The van der Waals surface area contributed by atoms with E-state index >= 15 is 0 Å². The molecule has 1 atom stereocenters. The lowest BCUT2D eigenvalue weighted by molar-refractivity contribution is 0.164.